The summed E-state index contributed by atoms with van der Waals surface area (Å²) in [7, 11) is 0. The summed E-state index contributed by atoms with van der Waals surface area (Å²) >= 11 is 1.36. The molecule has 2 aromatic carbocycles. The molecular weight excluding hydrogens is 454 g/mol. The summed E-state index contributed by atoms with van der Waals surface area (Å²) in [5.74, 6) is 0. The monoisotopic (exact) mass is 478 g/mol. The first-order valence-electron chi connectivity index (χ1n) is 7.32. The van der Waals surface area contributed by atoms with Crippen LogP contribution in [-0.4, -0.2) is 6.88 Å². The third-order valence-corrected chi connectivity index (χ3v) is 3.68. The minimum atomic E-state index is 0. The van der Waals surface area contributed by atoms with E-state index in [9.17, 15) is 0 Å². The first-order valence-corrected chi connectivity index (χ1v) is 11.5. The van der Waals surface area contributed by atoms with Crippen molar-refractivity contribution in [2.24, 2.45) is 0 Å². The molecule has 0 heterocycles. The second kappa shape index (κ2) is 15.6. The Kier molecular flexibility index (Phi) is 18.2. The number of rotatable bonds is 0. The number of benzene rings is 2. The molecule has 0 N–H and O–H groups in total. The van der Waals surface area contributed by atoms with Gasteiger partial charge in [0.1, 0.15) is 0 Å². The van der Waals surface area contributed by atoms with Crippen molar-refractivity contribution in [3.05, 3.63) is 97.8 Å². The summed E-state index contributed by atoms with van der Waals surface area (Å²) in [6, 6.07) is 14.5. The van der Waals surface area contributed by atoms with Gasteiger partial charge in [-0.05, 0) is 18.9 Å². The van der Waals surface area contributed by atoms with E-state index in [2.05, 4.69) is 69.3 Å². The number of allylic oxidation sites excluding steroid dienone is 4. The summed E-state index contributed by atoms with van der Waals surface area (Å²) in [5.41, 5.74) is 8.15. The third-order valence-electron chi connectivity index (χ3n) is 3.68. The Balaban J connectivity index is -0.000000420. The van der Waals surface area contributed by atoms with E-state index in [0.717, 1.165) is 12.8 Å². The fourth-order valence-corrected chi connectivity index (χ4v) is 2.71. The average Bonchev–Trinajstić information content (AvgIpc) is 3.19. The second-order valence-corrected chi connectivity index (χ2v) is 5.37. The maximum absolute atomic E-state index is 3.45. The van der Waals surface area contributed by atoms with Crippen LogP contribution in [0.1, 0.15) is 28.7 Å². The van der Waals surface area contributed by atoms with Gasteiger partial charge < -0.3 is 14.9 Å². The normalized spacial score (nSPS) is 10.7. The van der Waals surface area contributed by atoms with Crippen LogP contribution in [0.3, 0.4) is 0 Å². The van der Waals surface area contributed by atoms with Crippen molar-refractivity contribution in [2.75, 3.05) is 0 Å². The molecule has 4 rings (SSSR count). The number of fused-ring (bicyclic) bond motifs is 3. The van der Waals surface area contributed by atoms with E-state index in [1.807, 2.05) is 12.2 Å². The van der Waals surface area contributed by atoms with E-state index < -0.39 is 0 Å². The van der Waals surface area contributed by atoms with Crippen LogP contribution in [0.2, 0.25) is 0 Å². The van der Waals surface area contributed by atoms with E-state index >= 15 is 0 Å². The van der Waals surface area contributed by atoms with E-state index in [0.29, 0.717) is 0 Å². The Morgan fingerprint density at radius 2 is 1.62 bits per heavy atom. The fourth-order valence-electron chi connectivity index (χ4n) is 2.71. The Morgan fingerprint density at radius 3 is 2.15 bits per heavy atom. The fraction of sp³-hybridized carbons (Fsp3) is 0.182. The standard InChI is InChI=1S/C15H13.C5H5.2CH3.2ClH.Si.Zr/c1-10-3-5-14-12(7-10)9-13-8-11(2)4-6-15(13)14;1-2-4-5-3-1;;;;;;/h3-7H,9H2,1-2H3;1-3H,4H2;2*1H3;2*1H;;/q4*-1;;;;. The van der Waals surface area contributed by atoms with Crippen molar-refractivity contribution >= 4 is 31.7 Å². The molecule has 4 heteroatoms. The average molecular weight is 481 g/mol. The molecule has 140 valence electrons. The molecule has 2 aromatic rings. The number of halogens is 2. The van der Waals surface area contributed by atoms with Gasteiger partial charge in [-0.3, -0.25) is 6.08 Å². The summed E-state index contributed by atoms with van der Waals surface area (Å²) in [5, 5.41) is 0. The summed E-state index contributed by atoms with van der Waals surface area (Å²) < 4.78 is 0. The number of hydrogen-bond donors (Lipinski definition) is 0. The van der Waals surface area contributed by atoms with Gasteiger partial charge in [0.15, 0.2) is 0 Å². The van der Waals surface area contributed by atoms with Crippen LogP contribution in [0, 0.1) is 40.8 Å². The van der Waals surface area contributed by atoms with Crippen LogP contribution >= 0.6 is 24.8 Å². The van der Waals surface area contributed by atoms with E-state index in [1.54, 1.807) is 0 Å². The number of hydrogen-bond acceptors (Lipinski definition) is 0. The van der Waals surface area contributed by atoms with Gasteiger partial charge in [0.25, 0.3) is 0 Å². The van der Waals surface area contributed by atoms with Gasteiger partial charge in [-0.2, -0.15) is 29.8 Å². The first kappa shape index (κ1) is 30.3. The van der Waals surface area contributed by atoms with Crippen LogP contribution in [0.5, 0.6) is 0 Å². The molecule has 0 bridgehead atoms. The molecule has 0 fully saturated rings. The predicted molar refractivity (Wildman–Crippen MR) is 118 cm³/mol. The zero-order chi connectivity index (χ0) is 15.9. The van der Waals surface area contributed by atoms with E-state index in [-0.39, 0.29) is 39.7 Å². The van der Waals surface area contributed by atoms with Crippen molar-refractivity contribution in [1.29, 1.82) is 0 Å². The van der Waals surface area contributed by atoms with Crippen molar-refractivity contribution in [3.8, 4) is 11.1 Å². The minimum absolute atomic E-state index is 0. The van der Waals surface area contributed by atoms with Gasteiger partial charge in [0.2, 0.25) is 0 Å². The van der Waals surface area contributed by atoms with Crippen LogP contribution in [0.4, 0.5) is 0 Å². The topological polar surface area (TPSA) is 0 Å². The molecule has 26 heavy (non-hydrogen) atoms. The predicted octanol–water partition coefficient (Wildman–Crippen LogP) is 6.34. The molecule has 0 aromatic heterocycles. The molecule has 0 saturated carbocycles. The zero-order valence-corrected chi connectivity index (χ0v) is 20.9. The Hall–Kier alpha value is -0.400. The molecule has 0 spiro atoms. The second-order valence-electron chi connectivity index (χ2n) is 5.37. The molecule has 2 aliphatic rings. The van der Waals surface area contributed by atoms with Crippen molar-refractivity contribution in [3.63, 3.8) is 0 Å². The molecule has 0 unspecified atom stereocenters. The van der Waals surface area contributed by atoms with Gasteiger partial charge in [0, 0.05) is 0 Å². The molecule has 2 aliphatic carbocycles. The Bertz CT molecular complexity index is 665. The van der Waals surface area contributed by atoms with E-state index in [1.165, 1.54) is 56.7 Å². The molecule has 0 saturated heterocycles. The Morgan fingerprint density at radius 1 is 0.962 bits per heavy atom. The van der Waals surface area contributed by atoms with Gasteiger partial charge in [-0.25, -0.2) is 12.2 Å². The summed E-state index contributed by atoms with van der Waals surface area (Å²) in [6.45, 7) is 7.32. The quantitative estimate of drug-likeness (QED) is 0.260. The first-order chi connectivity index (χ1) is 10.7. The van der Waals surface area contributed by atoms with E-state index in [4.69, 9.17) is 0 Å². The molecule has 0 nitrogen and oxygen atoms in total. The zero-order valence-electron chi connectivity index (χ0n) is 15.8. The van der Waals surface area contributed by atoms with Crippen LogP contribution in [0.25, 0.3) is 11.1 Å². The van der Waals surface area contributed by atoms with Crippen molar-refractivity contribution < 1.29 is 23.3 Å². The van der Waals surface area contributed by atoms with Gasteiger partial charge in [0.05, 0.1) is 0 Å². The summed E-state index contributed by atoms with van der Waals surface area (Å²) in [6.07, 6.45) is 11.0. The maximum atomic E-state index is 3.45. The van der Waals surface area contributed by atoms with Crippen LogP contribution in [0.15, 0.2) is 48.6 Å². The van der Waals surface area contributed by atoms with Crippen LogP contribution < -0.4 is 0 Å². The van der Waals surface area contributed by atoms with Crippen molar-refractivity contribution in [1.82, 2.24) is 0 Å². The molecule has 0 aliphatic heterocycles. The van der Waals surface area contributed by atoms with Gasteiger partial charge in [-0.1, -0.05) is 36.2 Å². The third kappa shape index (κ3) is 8.09. The Labute approximate surface area is 189 Å². The van der Waals surface area contributed by atoms with Crippen molar-refractivity contribution in [2.45, 2.75) is 26.7 Å². The van der Waals surface area contributed by atoms with Gasteiger partial charge >= 0.3 is 30.2 Å². The summed E-state index contributed by atoms with van der Waals surface area (Å²) in [4.78, 5) is 0. The SMILES string of the molecule is Cc1[c-]c2c(cc1)-c1ccc(C)cc1C2.Cl.Cl.[C-]1=CC=CC1.[CH3-].[CH3-].[Si]=[Zr]. The van der Waals surface area contributed by atoms with Crippen LogP contribution in [-0.2, 0) is 29.8 Å². The molecular formula is C22H26Cl2SiZr-4. The number of aryl methyl sites for hydroxylation is 2. The molecule has 2 radical (unpaired) electrons. The van der Waals surface area contributed by atoms with Gasteiger partial charge in [-0.15, -0.1) is 42.4 Å². The molecule has 0 amide bonds. The molecule has 0 atom stereocenters.